The third kappa shape index (κ3) is 12.4. The molecule has 53 heavy (non-hydrogen) atoms. The van der Waals surface area contributed by atoms with Crippen molar-refractivity contribution in [2.75, 3.05) is 13.2 Å². The highest BCUT2D eigenvalue weighted by Gasteiger charge is 2.58. The van der Waals surface area contributed by atoms with Gasteiger partial charge < -0.3 is 52.1 Å². The molecule has 0 saturated carbocycles. The largest absolute Gasteiger partial charge is 0.463 e. The highest BCUT2D eigenvalue weighted by Crippen LogP contribution is 2.36. The molecule has 2 heterocycles. The van der Waals surface area contributed by atoms with E-state index in [9.17, 15) is 43.7 Å². The van der Waals surface area contributed by atoms with Crippen LogP contribution in [0.4, 0.5) is 5.69 Å². The van der Waals surface area contributed by atoms with E-state index in [1.54, 1.807) is 0 Å². The lowest BCUT2D eigenvalue weighted by Gasteiger charge is -2.48. The number of non-ortho nitro benzene ring substituents is 1. The van der Waals surface area contributed by atoms with E-state index in [0.29, 0.717) is 0 Å². The number of hydrogen-bond donors (Lipinski definition) is 0. The molecule has 2 saturated heterocycles. The van der Waals surface area contributed by atoms with Crippen molar-refractivity contribution >= 4 is 47.5 Å². The quantitative estimate of drug-likeness (QED) is 0.109. The van der Waals surface area contributed by atoms with Gasteiger partial charge in [-0.15, -0.1) is 0 Å². The van der Waals surface area contributed by atoms with Crippen LogP contribution >= 0.6 is 0 Å². The van der Waals surface area contributed by atoms with Crippen LogP contribution in [0.25, 0.3) is 0 Å². The first-order valence-corrected chi connectivity index (χ1v) is 15.9. The molecule has 292 valence electrons. The first-order valence-electron chi connectivity index (χ1n) is 15.9. The fourth-order valence-corrected chi connectivity index (χ4v) is 5.35. The predicted molar refractivity (Wildman–Crippen MR) is 167 cm³/mol. The maximum Gasteiger partial charge on any atom is 0.303 e. The van der Waals surface area contributed by atoms with Gasteiger partial charge in [0.1, 0.15) is 37.3 Å². The molecular weight excluding hydrogens is 718 g/mol. The second-order valence-corrected chi connectivity index (χ2v) is 11.5. The summed E-state index contributed by atoms with van der Waals surface area (Å²) in [5.41, 5.74) is -0.276. The third-order valence-corrected chi connectivity index (χ3v) is 7.19. The molecule has 0 aliphatic carbocycles. The summed E-state index contributed by atoms with van der Waals surface area (Å²) in [7, 11) is 0. The summed E-state index contributed by atoms with van der Waals surface area (Å²) >= 11 is 0. The summed E-state index contributed by atoms with van der Waals surface area (Å²) < 4.78 is 61.9. The Morgan fingerprint density at radius 3 is 1.36 bits per heavy atom. The second kappa shape index (κ2) is 18.9. The summed E-state index contributed by atoms with van der Waals surface area (Å²) in [5.74, 6) is -6.22. The first kappa shape index (κ1) is 42.0. The van der Waals surface area contributed by atoms with Crippen molar-refractivity contribution in [3.8, 4) is 5.75 Å². The molecule has 2 aliphatic rings. The van der Waals surface area contributed by atoms with Crippen molar-refractivity contribution in [3.05, 3.63) is 34.4 Å². The van der Waals surface area contributed by atoms with Crippen LogP contribution in [-0.2, 0) is 80.9 Å². The average Bonchev–Trinajstić information content (AvgIpc) is 3.03. The predicted octanol–water partition coefficient (Wildman–Crippen LogP) is 0.593. The van der Waals surface area contributed by atoms with Crippen LogP contribution in [0.5, 0.6) is 5.75 Å². The summed E-state index contributed by atoms with van der Waals surface area (Å²) in [6, 6.07) is 4.67. The Balaban J connectivity index is 2.16. The number of hydrogen-bond acceptors (Lipinski definition) is 20. The van der Waals surface area contributed by atoms with E-state index in [2.05, 4.69) is 0 Å². The van der Waals surface area contributed by atoms with Crippen LogP contribution in [0.2, 0.25) is 0 Å². The smallest absolute Gasteiger partial charge is 0.303 e. The molecule has 0 bridgehead atoms. The van der Waals surface area contributed by atoms with Gasteiger partial charge in [0.05, 0.1) is 4.92 Å². The molecular formula is C32H39NO20. The van der Waals surface area contributed by atoms with Gasteiger partial charge in [-0.25, -0.2) is 0 Å². The second-order valence-electron chi connectivity index (χ2n) is 11.5. The van der Waals surface area contributed by atoms with Crippen LogP contribution in [0.15, 0.2) is 24.3 Å². The number of nitro groups is 1. The Morgan fingerprint density at radius 2 is 0.925 bits per heavy atom. The molecule has 1 aromatic rings. The minimum absolute atomic E-state index is 0.0236. The lowest BCUT2D eigenvalue weighted by atomic mass is 9.96. The molecule has 0 N–H and O–H groups in total. The monoisotopic (exact) mass is 757 g/mol. The number of rotatable bonds is 14. The molecule has 0 amide bonds. The first-order chi connectivity index (χ1) is 24.9. The number of esters is 7. The van der Waals surface area contributed by atoms with Gasteiger partial charge in [-0.05, 0) is 12.1 Å². The Labute approximate surface area is 301 Å². The van der Waals surface area contributed by atoms with Crippen LogP contribution in [0, 0.1) is 10.1 Å². The zero-order chi connectivity index (χ0) is 39.6. The fourth-order valence-electron chi connectivity index (χ4n) is 5.35. The maximum atomic E-state index is 12.5. The maximum absolute atomic E-state index is 12.5. The molecule has 3 rings (SSSR count). The van der Waals surface area contributed by atoms with Gasteiger partial charge in [0.25, 0.3) is 5.69 Å². The van der Waals surface area contributed by atoms with E-state index in [-0.39, 0.29) is 11.4 Å². The molecule has 1 aromatic carbocycles. The van der Waals surface area contributed by atoms with Gasteiger partial charge in [-0.2, -0.15) is 0 Å². The topological polar surface area (TPSA) is 264 Å². The summed E-state index contributed by atoms with van der Waals surface area (Å²) in [6.07, 6.45) is -16.4. The van der Waals surface area contributed by atoms with E-state index < -0.39 is 121 Å². The molecule has 2 fully saturated rings. The van der Waals surface area contributed by atoms with E-state index in [1.807, 2.05) is 0 Å². The van der Waals surface area contributed by atoms with Crippen LogP contribution in [-0.4, -0.2) is 121 Å². The minimum atomic E-state index is -1.85. The van der Waals surface area contributed by atoms with Crippen molar-refractivity contribution < 1.29 is 90.6 Å². The zero-order valence-corrected chi connectivity index (χ0v) is 29.6. The zero-order valence-electron chi connectivity index (χ0n) is 29.6. The summed E-state index contributed by atoms with van der Waals surface area (Å²) in [4.78, 5) is 96.0. The van der Waals surface area contributed by atoms with E-state index in [4.69, 9.17) is 52.1 Å². The number of nitrogens with zero attached hydrogens (tertiary/aromatic N) is 1. The van der Waals surface area contributed by atoms with Crippen LogP contribution in [0.3, 0.4) is 0 Å². The average molecular weight is 758 g/mol. The van der Waals surface area contributed by atoms with Crippen LogP contribution < -0.4 is 4.74 Å². The molecule has 0 radical (unpaired) electrons. The lowest BCUT2D eigenvalue weighted by molar-refractivity contribution is -0.384. The highest BCUT2D eigenvalue weighted by molar-refractivity contribution is 5.69. The standard InChI is InChI=1S/C32H39NO20/c1-14(34)43-12-23-25(45-16(3)36)27(46-17(4)37)30(49-20(7)40)32(52-23)53-26-24(13-44-15(2)35)51-31(29(48-19(6)39)28(26)47-18(5)38)50-22-10-8-21(9-11-22)33(41)42/h8-11,23-32H,12-13H2,1-7H3/t23-,24-,25+,26-,27+,28+,29-,30-,31+,32+/m1/s1. The fraction of sp³-hybridized carbons (Fsp3) is 0.594. The van der Waals surface area contributed by atoms with E-state index >= 15 is 0 Å². The molecule has 2 aliphatic heterocycles. The number of benzene rings is 1. The molecule has 0 aromatic heterocycles. The van der Waals surface area contributed by atoms with Crippen molar-refractivity contribution in [1.29, 1.82) is 0 Å². The van der Waals surface area contributed by atoms with Crippen molar-refractivity contribution in [2.24, 2.45) is 0 Å². The Bertz CT molecular complexity index is 1530. The van der Waals surface area contributed by atoms with Gasteiger partial charge in [0, 0.05) is 60.6 Å². The van der Waals surface area contributed by atoms with E-state index in [1.165, 1.54) is 12.1 Å². The molecule has 21 nitrogen and oxygen atoms in total. The third-order valence-electron chi connectivity index (χ3n) is 7.19. The number of ether oxygens (including phenoxy) is 11. The highest BCUT2D eigenvalue weighted by atomic mass is 16.8. The Hall–Kier alpha value is -5.41. The Kier molecular flexibility index (Phi) is 15.0. The molecule has 10 atom stereocenters. The normalized spacial score (nSPS) is 27.9. The summed E-state index contributed by atoms with van der Waals surface area (Å²) in [6.45, 7) is 6.00. The van der Waals surface area contributed by atoms with E-state index in [0.717, 1.165) is 60.6 Å². The molecule has 21 heteroatoms. The SMILES string of the molecule is CC(=O)OC[C@H]1O[C@@H](O[C@H]2[C@H](OC(C)=O)[C@@H](OC(C)=O)[C@@H](Oc3ccc([N+](=O)[O-])cc3)O[C@@H]2COC(C)=O)[C@H](OC(C)=O)[C@@H](OC(C)=O)[C@H]1OC(C)=O. The van der Waals surface area contributed by atoms with Gasteiger partial charge in [-0.1, -0.05) is 0 Å². The summed E-state index contributed by atoms with van der Waals surface area (Å²) in [5, 5.41) is 11.2. The van der Waals surface area contributed by atoms with Gasteiger partial charge in [0.2, 0.25) is 12.4 Å². The number of nitro benzene ring substituents is 1. The number of carbonyl (C=O) groups excluding carboxylic acids is 7. The molecule has 0 unspecified atom stereocenters. The van der Waals surface area contributed by atoms with Crippen molar-refractivity contribution in [1.82, 2.24) is 0 Å². The van der Waals surface area contributed by atoms with Gasteiger partial charge in [-0.3, -0.25) is 43.7 Å². The van der Waals surface area contributed by atoms with Crippen molar-refractivity contribution in [3.63, 3.8) is 0 Å². The van der Waals surface area contributed by atoms with Gasteiger partial charge in [0.15, 0.2) is 30.7 Å². The van der Waals surface area contributed by atoms with Gasteiger partial charge >= 0.3 is 41.8 Å². The lowest BCUT2D eigenvalue weighted by Crippen LogP contribution is -2.67. The Morgan fingerprint density at radius 1 is 0.547 bits per heavy atom. The number of carbonyl (C=O) groups is 7. The minimum Gasteiger partial charge on any atom is -0.463 e. The van der Waals surface area contributed by atoms with Crippen molar-refractivity contribution in [2.45, 2.75) is 110 Å². The molecule has 0 spiro atoms. The van der Waals surface area contributed by atoms with Crippen LogP contribution in [0.1, 0.15) is 48.5 Å².